The Bertz CT molecular complexity index is 578. The Balaban J connectivity index is 2.31. The highest BCUT2D eigenvalue weighted by atomic mass is 32.2. The van der Waals surface area contributed by atoms with E-state index in [1.165, 1.54) is 22.5 Å². The van der Waals surface area contributed by atoms with E-state index in [-0.39, 0.29) is 10.5 Å². The second kappa shape index (κ2) is 6.34. The highest BCUT2D eigenvalue weighted by Crippen LogP contribution is 2.21. The van der Waals surface area contributed by atoms with Gasteiger partial charge in [-0.25, -0.2) is 14.3 Å². The van der Waals surface area contributed by atoms with Gasteiger partial charge in [-0.1, -0.05) is 18.9 Å². The Morgan fingerprint density at radius 2 is 1.80 bits per heavy atom. The molecule has 0 unspecified atom stereocenters. The molecule has 3 N–H and O–H groups in total. The molecule has 1 saturated heterocycles. The summed E-state index contributed by atoms with van der Waals surface area (Å²) in [5.74, 6) is 4.57. The van der Waals surface area contributed by atoms with Crippen molar-refractivity contribution in [1.29, 1.82) is 0 Å². The minimum atomic E-state index is -3.54. The summed E-state index contributed by atoms with van der Waals surface area (Å²) in [4.78, 5) is 11.6. The van der Waals surface area contributed by atoms with Crippen LogP contribution in [0.25, 0.3) is 0 Å². The van der Waals surface area contributed by atoms with E-state index >= 15 is 0 Å². The van der Waals surface area contributed by atoms with Crippen LogP contribution in [0.5, 0.6) is 0 Å². The number of hydrogen-bond donors (Lipinski definition) is 2. The molecule has 6 nitrogen and oxygen atoms in total. The van der Waals surface area contributed by atoms with Gasteiger partial charge >= 0.3 is 0 Å². The van der Waals surface area contributed by atoms with Crippen LogP contribution in [0.2, 0.25) is 0 Å². The summed E-state index contributed by atoms with van der Waals surface area (Å²) in [5, 5.41) is 0. The van der Waals surface area contributed by atoms with E-state index in [1.54, 1.807) is 6.07 Å². The van der Waals surface area contributed by atoms with Crippen molar-refractivity contribution in [2.45, 2.75) is 30.6 Å². The number of nitrogens with zero attached hydrogens (tertiary/aromatic N) is 1. The van der Waals surface area contributed by atoms with Gasteiger partial charge in [0.1, 0.15) is 0 Å². The molecule has 0 aromatic heterocycles. The van der Waals surface area contributed by atoms with Gasteiger partial charge in [0.25, 0.3) is 5.91 Å². The van der Waals surface area contributed by atoms with E-state index in [4.69, 9.17) is 5.84 Å². The van der Waals surface area contributed by atoms with Crippen LogP contribution in [0.15, 0.2) is 29.2 Å². The van der Waals surface area contributed by atoms with Crippen molar-refractivity contribution >= 4 is 15.9 Å². The van der Waals surface area contributed by atoms with E-state index < -0.39 is 15.9 Å². The molecule has 0 saturated carbocycles. The lowest BCUT2D eigenvalue weighted by atomic mass is 10.2. The van der Waals surface area contributed by atoms with Crippen molar-refractivity contribution in [3.8, 4) is 0 Å². The lowest BCUT2D eigenvalue weighted by Crippen LogP contribution is -2.33. The van der Waals surface area contributed by atoms with Gasteiger partial charge in [0.2, 0.25) is 10.0 Å². The Hall–Kier alpha value is -1.44. The number of amides is 1. The van der Waals surface area contributed by atoms with Crippen LogP contribution in [0.4, 0.5) is 0 Å². The summed E-state index contributed by atoms with van der Waals surface area (Å²) in [6.07, 6.45) is 3.87. The molecule has 1 aromatic rings. The van der Waals surface area contributed by atoms with Crippen molar-refractivity contribution in [1.82, 2.24) is 9.73 Å². The van der Waals surface area contributed by atoms with Crippen molar-refractivity contribution in [3.05, 3.63) is 29.8 Å². The van der Waals surface area contributed by atoms with Crippen molar-refractivity contribution in [2.24, 2.45) is 5.84 Å². The van der Waals surface area contributed by atoms with E-state index in [1.807, 2.05) is 5.43 Å². The summed E-state index contributed by atoms with van der Waals surface area (Å²) >= 11 is 0. The average Bonchev–Trinajstić information content (AvgIpc) is 2.76. The van der Waals surface area contributed by atoms with Crippen LogP contribution in [-0.2, 0) is 10.0 Å². The van der Waals surface area contributed by atoms with Gasteiger partial charge in [0.05, 0.1) is 4.90 Å². The molecule has 1 fully saturated rings. The van der Waals surface area contributed by atoms with E-state index in [9.17, 15) is 13.2 Å². The highest BCUT2D eigenvalue weighted by molar-refractivity contribution is 7.89. The summed E-state index contributed by atoms with van der Waals surface area (Å²) in [6, 6.07) is 5.95. The van der Waals surface area contributed by atoms with E-state index in [0.29, 0.717) is 13.1 Å². The first-order chi connectivity index (χ1) is 9.55. The Morgan fingerprint density at radius 3 is 2.40 bits per heavy atom. The molecule has 0 bridgehead atoms. The van der Waals surface area contributed by atoms with Crippen LogP contribution in [0.1, 0.15) is 36.0 Å². The first kappa shape index (κ1) is 15.0. The molecule has 2 rings (SSSR count). The number of benzene rings is 1. The largest absolute Gasteiger partial charge is 0.290 e. The first-order valence-corrected chi connectivity index (χ1v) is 8.11. The normalized spacial score (nSPS) is 17.4. The van der Waals surface area contributed by atoms with Crippen LogP contribution in [0, 0.1) is 0 Å². The third kappa shape index (κ3) is 3.17. The number of nitrogen functional groups attached to an aromatic ring is 1. The fourth-order valence-corrected chi connectivity index (χ4v) is 3.88. The van der Waals surface area contributed by atoms with Crippen LogP contribution in [-0.4, -0.2) is 31.7 Å². The summed E-state index contributed by atoms with van der Waals surface area (Å²) in [7, 11) is -3.54. The van der Waals surface area contributed by atoms with Gasteiger partial charge in [-0.15, -0.1) is 0 Å². The molecular formula is C13H19N3O3S. The number of hydrogen-bond acceptors (Lipinski definition) is 4. The van der Waals surface area contributed by atoms with Gasteiger partial charge in [0.15, 0.2) is 0 Å². The van der Waals surface area contributed by atoms with Gasteiger partial charge < -0.3 is 0 Å². The molecule has 1 heterocycles. The summed E-state index contributed by atoms with van der Waals surface area (Å²) in [5.41, 5.74) is 2.24. The van der Waals surface area contributed by atoms with Gasteiger partial charge in [-0.2, -0.15) is 4.31 Å². The average molecular weight is 297 g/mol. The molecule has 1 aliphatic rings. The monoisotopic (exact) mass is 297 g/mol. The standard InChI is InChI=1S/C13H19N3O3S/c14-15-13(17)11-6-5-7-12(10-11)20(18,19)16-8-3-1-2-4-9-16/h5-7,10H,1-4,8-9,14H2,(H,15,17). The number of carbonyl (C=O) groups excluding carboxylic acids is 1. The predicted molar refractivity (Wildman–Crippen MR) is 75.3 cm³/mol. The maximum Gasteiger partial charge on any atom is 0.265 e. The zero-order chi connectivity index (χ0) is 14.6. The minimum Gasteiger partial charge on any atom is -0.290 e. The smallest absolute Gasteiger partial charge is 0.265 e. The third-order valence-electron chi connectivity index (χ3n) is 3.43. The molecule has 110 valence electrons. The van der Waals surface area contributed by atoms with Crippen molar-refractivity contribution in [3.63, 3.8) is 0 Å². The zero-order valence-electron chi connectivity index (χ0n) is 11.2. The Labute approximate surface area is 119 Å². The van der Waals surface area contributed by atoms with Crippen molar-refractivity contribution in [2.75, 3.05) is 13.1 Å². The maximum atomic E-state index is 12.6. The van der Waals surface area contributed by atoms with Gasteiger partial charge in [-0.05, 0) is 31.0 Å². The molecule has 0 atom stereocenters. The number of sulfonamides is 1. The zero-order valence-corrected chi connectivity index (χ0v) is 12.0. The topological polar surface area (TPSA) is 92.5 Å². The molecule has 20 heavy (non-hydrogen) atoms. The molecular weight excluding hydrogens is 278 g/mol. The molecule has 1 aliphatic heterocycles. The lowest BCUT2D eigenvalue weighted by Gasteiger charge is -2.20. The minimum absolute atomic E-state index is 0.139. The number of nitrogens with one attached hydrogen (secondary N) is 1. The number of rotatable bonds is 3. The predicted octanol–water partition coefficient (Wildman–Crippen LogP) is 0.855. The van der Waals surface area contributed by atoms with Crippen LogP contribution >= 0.6 is 0 Å². The summed E-state index contributed by atoms with van der Waals surface area (Å²) < 4.78 is 26.6. The molecule has 0 radical (unpaired) electrons. The number of hydrazine groups is 1. The van der Waals surface area contributed by atoms with Crippen molar-refractivity contribution < 1.29 is 13.2 Å². The summed E-state index contributed by atoms with van der Waals surface area (Å²) in [6.45, 7) is 1.07. The van der Waals surface area contributed by atoms with Gasteiger partial charge in [-0.3, -0.25) is 10.2 Å². The van der Waals surface area contributed by atoms with E-state index in [0.717, 1.165) is 25.7 Å². The van der Waals surface area contributed by atoms with Gasteiger partial charge in [0, 0.05) is 18.7 Å². The third-order valence-corrected chi connectivity index (χ3v) is 5.32. The number of carbonyl (C=O) groups is 1. The van der Waals surface area contributed by atoms with E-state index in [2.05, 4.69) is 0 Å². The SMILES string of the molecule is NNC(=O)c1cccc(S(=O)(=O)N2CCCCCC2)c1. The molecule has 1 amide bonds. The second-order valence-electron chi connectivity index (χ2n) is 4.82. The van der Waals surface area contributed by atoms with Crippen LogP contribution < -0.4 is 11.3 Å². The Morgan fingerprint density at radius 1 is 1.15 bits per heavy atom. The molecule has 7 heteroatoms. The fourth-order valence-electron chi connectivity index (χ4n) is 2.31. The van der Waals surface area contributed by atoms with Crippen LogP contribution in [0.3, 0.4) is 0 Å². The second-order valence-corrected chi connectivity index (χ2v) is 6.76. The molecule has 1 aromatic carbocycles. The highest BCUT2D eigenvalue weighted by Gasteiger charge is 2.25. The molecule has 0 aliphatic carbocycles. The quantitative estimate of drug-likeness (QED) is 0.491. The fraction of sp³-hybridized carbons (Fsp3) is 0.462. The first-order valence-electron chi connectivity index (χ1n) is 6.67. The number of nitrogens with two attached hydrogens (primary N) is 1. The lowest BCUT2D eigenvalue weighted by molar-refractivity contribution is 0.0953. The molecule has 0 spiro atoms. The maximum absolute atomic E-state index is 12.6. The Kier molecular flexibility index (Phi) is 4.74.